The lowest BCUT2D eigenvalue weighted by atomic mass is 9.79. The zero-order valence-corrected chi connectivity index (χ0v) is 10.3. The number of nitrogens with one attached hydrogen (secondary N) is 1. The number of anilines is 2. The number of nitrogens with zero attached hydrogens (tertiary/aromatic N) is 1. The van der Waals surface area contributed by atoms with Crippen LogP contribution in [0.2, 0.25) is 0 Å². The molecule has 0 radical (unpaired) electrons. The first kappa shape index (κ1) is 12.2. The normalized spacial score (nSPS) is 28.9. The van der Waals surface area contributed by atoms with E-state index in [2.05, 4.69) is 17.2 Å². The van der Waals surface area contributed by atoms with Crippen molar-refractivity contribution in [1.29, 1.82) is 0 Å². The number of aromatic nitrogens is 1. The third kappa shape index (κ3) is 3.09. The van der Waals surface area contributed by atoms with Gasteiger partial charge in [0.2, 0.25) is 0 Å². The van der Waals surface area contributed by atoms with Crippen molar-refractivity contribution in [2.75, 3.05) is 17.6 Å². The van der Waals surface area contributed by atoms with Crippen LogP contribution in [-0.2, 0) is 0 Å². The standard InChI is InChI=1S/C13H21N3O/c1-10-2-5-13(17,6-3-10)9-16-12-4-7-15-8-11(12)14/h4,7-8,10,17H,2-3,5-6,9,14H2,1H3,(H,15,16). The molecule has 0 unspecified atom stereocenters. The van der Waals surface area contributed by atoms with Crippen molar-refractivity contribution in [3.8, 4) is 0 Å². The van der Waals surface area contributed by atoms with E-state index >= 15 is 0 Å². The zero-order chi connectivity index (χ0) is 12.3. The molecule has 0 amide bonds. The Bertz CT molecular complexity index is 373. The van der Waals surface area contributed by atoms with Crippen LogP contribution < -0.4 is 11.1 Å². The van der Waals surface area contributed by atoms with Crippen molar-refractivity contribution < 1.29 is 5.11 Å². The molecule has 0 aromatic carbocycles. The fourth-order valence-corrected chi connectivity index (χ4v) is 2.30. The lowest BCUT2D eigenvalue weighted by Gasteiger charge is -2.35. The van der Waals surface area contributed by atoms with Crippen molar-refractivity contribution in [2.45, 2.75) is 38.2 Å². The Balaban J connectivity index is 1.92. The SMILES string of the molecule is CC1CCC(O)(CNc2ccncc2N)CC1. The molecule has 0 atom stereocenters. The highest BCUT2D eigenvalue weighted by atomic mass is 16.3. The summed E-state index contributed by atoms with van der Waals surface area (Å²) in [6.07, 6.45) is 7.26. The molecule has 1 aromatic heterocycles. The topological polar surface area (TPSA) is 71.2 Å². The number of aliphatic hydroxyl groups is 1. The highest BCUT2D eigenvalue weighted by Gasteiger charge is 2.31. The van der Waals surface area contributed by atoms with Gasteiger partial charge in [-0.25, -0.2) is 0 Å². The van der Waals surface area contributed by atoms with E-state index in [0.29, 0.717) is 12.2 Å². The van der Waals surface area contributed by atoms with Gasteiger partial charge in [0.25, 0.3) is 0 Å². The second-order valence-electron chi connectivity index (χ2n) is 5.22. The average Bonchev–Trinajstić information content (AvgIpc) is 2.33. The molecule has 0 spiro atoms. The molecule has 1 aliphatic carbocycles. The smallest absolute Gasteiger partial charge is 0.0819 e. The molecule has 17 heavy (non-hydrogen) atoms. The minimum atomic E-state index is -0.581. The van der Waals surface area contributed by atoms with Crippen LogP contribution in [0.3, 0.4) is 0 Å². The van der Waals surface area contributed by atoms with E-state index in [9.17, 15) is 5.11 Å². The van der Waals surface area contributed by atoms with E-state index in [1.807, 2.05) is 6.07 Å². The monoisotopic (exact) mass is 235 g/mol. The molecule has 4 heteroatoms. The van der Waals surface area contributed by atoms with Crippen LogP contribution in [0.25, 0.3) is 0 Å². The van der Waals surface area contributed by atoms with Crippen LogP contribution in [-0.4, -0.2) is 22.2 Å². The van der Waals surface area contributed by atoms with Gasteiger partial charge in [-0.15, -0.1) is 0 Å². The molecular weight excluding hydrogens is 214 g/mol. The van der Waals surface area contributed by atoms with Gasteiger partial charge in [0.05, 0.1) is 23.2 Å². The summed E-state index contributed by atoms with van der Waals surface area (Å²) in [6, 6.07) is 1.84. The predicted molar refractivity (Wildman–Crippen MR) is 69.7 cm³/mol. The maximum atomic E-state index is 10.4. The number of nitrogens with two attached hydrogens (primary N) is 1. The molecule has 4 N–H and O–H groups in total. The van der Waals surface area contributed by atoms with Gasteiger partial charge in [-0.2, -0.15) is 0 Å². The van der Waals surface area contributed by atoms with Crippen LogP contribution in [0.1, 0.15) is 32.6 Å². The summed E-state index contributed by atoms with van der Waals surface area (Å²) in [5.74, 6) is 0.737. The number of hydrogen-bond donors (Lipinski definition) is 3. The van der Waals surface area contributed by atoms with Crippen molar-refractivity contribution >= 4 is 11.4 Å². The second-order valence-corrected chi connectivity index (χ2v) is 5.22. The van der Waals surface area contributed by atoms with Crippen molar-refractivity contribution in [3.05, 3.63) is 18.5 Å². The first-order valence-electron chi connectivity index (χ1n) is 6.25. The van der Waals surface area contributed by atoms with Crippen molar-refractivity contribution in [3.63, 3.8) is 0 Å². The average molecular weight is 235 g/mol. The molecule has 1 saturated carbocycles. The summed E-state index contributed by atoms with van der Waals surface area (Å²) in [4.78, 5) is 3.94. The Morgan fingerprint density at radius 2 is 2.24 bits per heavy atom. The summed E-state index contributed by atoms with van der Waals surface area (Å²) in [7, 11) is 0. The summed E-state index contributed by atoms with van der Waals surface area (Å²) < 4.78 is 0. The zero-order valence-electron chi connectivity index (χ0n) is 10.3. The first-order valence-corrected chi connectivity index (χ1v) is 6.25. The summed E-state index contributed by atoms with van der Waals surface area (Å²) in [5.41, 5.74) is 6.69. The van der Waals surface area contributed by atoms with Crippen LogP contribution >= 0.6 is 0 Å². The maximum Gasteiger partial charge on any atom is 0.0819 e. The Morgan fingerprint density at radius 3 is 2.88 bits per heavy atom. The highest BCUT2D eigenvalue weighted by molar-refractivity contribution is 5.64. The maximum absolute atomic E-state index is 10.4. The van der Waals surface area contributed by atoms with Crippen molar-refractivity contribution in [2.24, 2.45) is 5.92 Å². The number of hydrogen-bond acceptors (Lipinski definition) is 4. The van der Waals surface area contributed by atoms with E-state index in [1.165, 1.54) is 0 Å². The fraction of sp³-hybridized carbons (Fsp3) is 0.615. The molecule has 0 bridgehead atoms. The largest absolute Gasteiger partial charge is 0.396 e. The van der Waals surface area contributed by atoms with E-state index in [4.69, 9.17) is 5.73 Å². The van der Waals surface area contributed by atoms with Crippen LogP contribution in [0.15, 0.2) is 18.5 Å². The molecule has 1 aromatic rings. The van der Waals surface area contributed by atoms with E-state index < -0.39 is 5.60 Å². The van der Waals surface area contributed by atoms with Crippen LogP contribution in [0.5, 0.6) is 0 Å². The Kier molecular flexibility index (Phi) is 3.52. The Hall–Kier alpha value is -1.29. The minimum absolute atomic E-state index is 0.563. The van der Waals surface area contributed by atoms with Gasteiger partial charge in [-0.3, -0.25) is 4.98 Å². The lowest BCUT2D eigenvalue weighted by Crippen LogP contribution is -2.40. The van der Waals surface area contributed by atoms with Gasteiger partial charge in [0.1, 0.15) is 0 Å². The number of pyridine rings is 1. The van der Waals surface area contributed by atoms with Gasteiger partial charge in [0, 0.05) is 12.7 Å². The molecule has 1 fully saturated rings. The first-order chi connectivity index (χ1) is 8.09. The quantitative estimate of drug-likeness (QED) is 0.749. The third-order valence-corrected chi connectivity index (χ3v) is 3.66. The number of nitrogen functional groups attached to an aromatic ring is 1. The van der Waals surface area contributed by atoms with Gasteiger partial charge in [-0.05, 0) is 37.7 Å². The minimum Gasteiger partial charge on any atom is -0.396 e. The van der Waals surface area contributed by atoms with Gasteiger partial charge in [-0.1, -0.05) is 6.92 Å². The molecule has 1 heterocycles. The molecule has 2 rings (SSSR count). The lowest BCUT2D eigenvalue weighted by molar-refractivity contribution is 0.00502. The van der Waals surface area contributed by atoms with Gasteiger partial charge >= 0.3 is 0 Å². The molecular formula is C13H21N3O. The Morgan fingerprint density at radius 1 is 1.53 bits per heavy atom. The fourth-order valence-electron chi connectivity index (χ4n) is 2.30. The Labute approximate surface area is 102 Å². The molecule has 0 aliphatic heterocycles. The third-order valence-electron chi connectivity index (χ3n) is 3.66. The van der Waals surface area contributed by atoms with Crippen LogP contribution in [0.4, 0.5) is 11.4 Å². The van der Waals surface area contributed by atoms with E-state index in [0.717, 1.165) is 37.3 Å². The summed E-state index contributed by atoms with van der Waals surface area (Å²) in [5, 5.41) is 13.6. The number of rotatable bonds is 3. The predicted octanol–water partition coefficient (Wildman–Crippen LogP) is 2.02. The summed E-state index contributed by atoms with van der Waals surface area (Å²) in [6.45, 7) is 2.81. The van der Waals surface area contributed by atoms with E-state index in [-0.39, 0.29) is 0 Å². The molecule has 1 aliphatic rings. The van der Waals surface area contributed by atoms with Gasteiger partial charge < -0.3 is 16.2 Å². The molecule has 94 valence electrons. The molecule has 4 nitrogen and oxygen atoms in total. The second kappa shape index (κ2) is 4.92. The highest BCUT2D eigenvalue weighted by Crippen LogP contribution is 2.32. The molecule has 0 saturated heterocycles. The van der Waals surface area contributed by atoms with Crippen LogP contribution in [0, 0.1) is 5.92 Å². The van der Waals surface area contributed by atoms with E-state index in [1.54, 1.807) is 12.4 Å². The van der Waals surface area contributed by atoms with Gasteiger partial charge in [0.15, 0.2) is 0 Å². The van der Waals surface area contributed by atoms with Crippen molar-refractivity contribution in [1.82, 2.24) is 4.98 Å². The summed E-state index contributed by atoms with van der Waals surface area (Å²) >= 11 is 0.